The Morgan fingerprint density at radius 1 is 1.28 bits per heavy atom. The van der Waals surface area contributed by atoms with Crippen molar-refractivity contribution >= 4 is 45.7 Å². The highest BCUT2D eigenvalue weighted by atomic mass is 32.2. The number of amides is 1. The van der Waals surface area contributed by atoms with Crippen molar-refractivity contribution in [2.45, 2.75) is 10.9 Å². The Kier molecular flexibility index (Phi) is 4.24. The maximum Gasteiger partial charge on any atom is 0.265 e. The number of benzene rings is 1. The molecule has 0 aliphatic rings. The fraction of sp³-hybridized carbons (Fsp3) is 0.125. The van der Waals surface area contributed by atoms with Crippen LogP contribution in [0.1, 0.15) is 9.67 Å². The molecule has 0 aliphatic carbocycles. The fourth-order valence-corrected chi connectivity index (χ4v) is 3.85. The second kappa shape index (κ2) is 6.69. The molecule has 3 aromatic heterocycles. The van der Waals surface area contributed by atoms with Crippen LogP contribution in [-0.4, -0.2) is 36.9 Å². The molecule has 4 rings (SSSR count). The maximum absolute atomic E-state index is 12.3. The Morgan fingerprint density at radius 3 is 3.00 bits per heavy atom. The minimum atomic E-state index is -0.129. The molecule has 0 aliphatic heterocycles. The summed E-state index contributed by atoms with van der Waals surface area (Å²) in [7, 11) is 0. The smallest absolute Gasteiger partial charge is 0.265 e. The van der Waals surface area contributed by atoms with Crippen molar-refractivity contribution in [3.8, 4) is 0 Å². The minimum Gasteiger partial charge on any atom is -0.319 e. The van der Waals surface area contributed by atoms with Crippen LogP contribution in [0.2, 0.25) is 0 Å². The summed E-state index contributed by atoms with van der Waals surface area (Å²) in [6, 6.07) is 11.5. The first kappa shape index (κ1) is 15.9. The molecule has 7 nitrogen and oxygen atoms in total. The zero-order chi connectivity index (χ0) is 17.2. The molecular formula is C16H14N6OS2. The van der Waals surface area contributed by atoms with Crippen LogP contribution in [0, 0.1) is 0 Å². The average Bonchev–Trinajstić information content (AvgIpc) is 3.35. The van der Waals surface area contributed by atoms with Crippen LogP contribution in [0.25, 0.3) is 11.0 Å². The van der Waals surface area contributed by atoms with Gasteiger partial charge in [-0.15, -0.1) is 28.2 Å². The number of fused-ring (bicyclic) bond motifs is 1. The van der Waals surface area contributed by atoms with Crippen molar-refractivity contribution in [3.05, 3.63) is 53.7 Å². The van der Waals surface area contributed by atoms with E-state index in [1.54, 1.807) is 33.5 Å². The molecule has 0 unspecified atom stereocenters. The van der Waals surface area contributed by atoms with Gasteiger partial charge in [-0.2, -0.15) is 5.10 Å². The van der Waals surface area contributed by atoms with Crippen LogP contribution >= 0.6 is 23.1 Å². The molecule has 3 heterocycles. The molecule has 0 bridgehead atoms. The van der Waals surface area contributed by atoms with E-state index in [0.717, 1.165) is 15.2 Å². The predicted molar refractivity (Wildman–Crippen MR) is 99.2 cm³/mol. The van der Waals surface area contributed by atoms with Crippen molar-refractivity contribution in [1.29, 1.82) is 0 Å². The third-order valence-electron chi connectivity index (χ3n) is 3.60. The lowest BCUT2D eigenvalue weighted by Crippen LogP contribution is -2.11. The molecule has 1 amide bonds. The summed E-state index contributed by atoms with van der Waals surface area (Å²) < 4.78 is 4.58. The van der Waals surface area contributed by atoms with Gasteiger partial charge in [0.05, 0.1) is 32.7 Å². The number of aromatic nitrogens is 5. The van der Waals surface area contributed by atoms with E-state index >= 15 is 0 Å². The quantitative estimate of drug-likeness (QED) is 0.546. The first-order valence-corrected chi connectivity index (χ1v) is 9.53. The monoisotopic (exact) mass is 370 g/mol. The summed E-state index contributed by atoms with van der Waals surface area (Å²) in [5, 5.41) is 15.4. The molecule has 1 aromatic carbocycles. The third kappa shape index (κ3) is 3.28. The number of nitrogens with zero attached hydrogens (tertiary/aromatic N) is 5. The Bertz CT molecular complexity index is 1030. The zero-order valence-electron chi connectivity index (χ0n) is 13.3. The number of carbonyl (C=O) groups is 1. The molecule has 0 spiro atoms. The molecule has 0 atom stereocenters. The van der Waals surface area contributed by atoms with Gasteiger partial charge in [-0.25, -0.2) is 9.36 Å². The van der Waals surface area contributed by atoms with E-state index in [0.29, 0.717) is 17.2 Å². The summed E-state index contributed by atoms with van der Waals surface area (Å²) in [4.78, 5) is 12.9. The molecule has 9 heteroatoms. The molecular weight excluding hydrogens is 356 g/mol. The van der Waals surface area contributed by atoms with Crippen LogP contribution < -0.4 is 5.32 Å². The van der Waals surface area contributed by atoms with Crippen LogP contribution in [0.5, 0.6) is 0 Å². The van der Waals surface area contributed by atoms with E-state index in [9.17, 15) is 4.79 Å². The molecule has 0 saturated carbocycles. The lowest BCUT2D eigenvalue weighted by atomic mass is 10.3. The summed E-state index contributed by atoms with van der Waals surface area (Å²) in [5.74, 6) is -0.129. The molecule has 0 radical (unpaired) electrons. The third-order valence-corrected chi connectivity index (χ3v) is 5.76. The Labute approximate surface area is 151 Å². The first-order valence-electron chi connectivity index (χ1n) is 7.49. The first-order chi connectivity index (χ1) is 12.2. The van der Waals surface area contributed by atoms with Gasteiger partial charge in [0.25, 0.3) is 5.91 Å². The largest absolute Gasteiger partial charge is 0.319 e. The summed E-state index contributed by atoms with van der Waals surface area (Å²) in [6.45, 7) is 0.423. The van der Waals surface area contributed by atoms with Gasteiger partial charge in [0.1, 0.15) is 12.2 Å². The summed E-state index contributed by atoms with van der Waals surface area (Å²) >= 11 is 3.10. The molecule has 0 saturated heterocycles. The highest BCUT2D eigenvalue weighted by Gasteiger charge is 2.11. The van der Waals surface area contributed by atoms with Gasteiger partial charge in [0, 0.05) is 0 Å². The normalized spacial score (nSPS) is 11.1. The lowest BCUT2D eigenvalue weighted by Gasteiger charge is -2.02. The second-order valence-corrected chi connectivity index (χ2v) is 7.45. The van der Waals surface area contributed by atoms with Gasteiger partial charge in [0.15, 0.2) is 0 Å². The second-order valence-electron chi connectivity index (χ2n) is 5.26. The van der Waals surface area contributed by atoms with Gasteiger partial charge in [0.2, 0.25) is 0 Å². The number of thiophene rings is 1. The van der Waals surface area contributed by atoms with Crippen molar-refractivity contribution in [2.75, 3.05) is 11.6 Å². The number of rotatable bonds is 5. The number of nitrogens with one attached hydrogen (secondary N) is 1. The number of hydrogen-bond acceptors (Lipinski definition) is 6. The van der Waals surface area contributed by atoms with Crippen molar-refractivity contribution in [2.24, 2.45) is 0 Å². The molecule has 25 heavy (non-hydrogen) atoms. The molecule has 1 N–H and O–H groups in total. The fourth-order valence-electron chi connectivity index (χ4n) is 2.41. The highest BCUT2D eigenvalue weighted by Crippen LogP contribution is 2.25. The van der Waals surface area contributed by atoms with Crippen molar-refractivity contribution < 1.29 is 4.79 Å². The van der Waals surface area contributed by atoms with Gasteiger partial charge < -0.3 is 5.32 Å². The Hall–Kier alpha value is -2.65. The van der Waals surface area contributed by atoms with E-state index in [2.05, 4.69) is 20.7 Å². The maximum atomic E-state index is 12.3. The molecule has 126 valence electrons. The SMILES string of the molecule is CSc1ccc(C(=O)Nc2cnn(Cn3nnc4ccccc43)c2)s1. The standard InChI is InChI=1S/C16H14N6OS2/c1-24-15-7-6-14(25-15)16(23)18-11-8-17-21(9-11)10-22-13-5-3-2-4-12(13)19-20-22/h2-9H,10H2,1H3,(H,18,23). The van der Waals surface area contributed by atoms with Gasteiger partial charge in [-0.3, -0.25) is 4.79 Å². The Morgan fingerprint density at radius 2 is 2.16 bits per heavy atom. The van der Waals surface area contributed by atoms with Gasteiger partial charge >= 0.3 is 0 Å². The number of para-hydroxylation sites is 1. The summed E-state index contributed by atoms with van der Waals surface area (Å²) in [6.07, 6.45) is 5.39. The van der Waals surface area contributed by atoms with Crippen molar-refractivity contribution in [1.82, 2.24) is 24.8 Å². The van der Waals surface area contributed by atoms with Crippen LogP contribution in [0.3, 0.4) is 0 Å². The molecule has 4 aromatic rings. The Balaban J connectivity index is 1.47. The van der Waals surface area contributed by atoms with E-state index in [-0.39, 0.29) is 5.91 Å². The number of anilines is 1. The number of carbonyl (C=O) groups excluding carboxylic acids is 1. The molecule has 0 fully saturated rings. The van der Waals surface area contributed by atoms with Gasteiger partial charge in [-0.1, -0.05) is 17.3 Å². The van der Waals surface area contributed by atoms with Gasteiger partial charge in [-0.05, 0) is 30.5 Å². The zero-order valence-corrected chi connectivity index (χ0v) is 14.9. The van der Waals surface area contributed by atoms with E-state index < -0.39 is 0 Å². The number of thioether (sulfide) groups is 1. The van der Waals surface area contributed by atoms with Crippen molar-refractivity contribution in [3.63, 3.8) is 0 Å². The van der Waals surface area contributed by atoms with E-state index in [1.165, 1.54) is 11.3 Å². The van der Waals surface area contributed by atoms with E-state index in [4.69, 9.17) is 0 Å². The van der Waals surface area contributed by atoms with E-state index in [1.807, 2.05) is 42.7 Å². The topological polar surface area (TPSA) is 77.6 Å². The van der Waals surface area contributed by atoms with Crippen LogP contribution in [0.4, 0.5) is 5.69 Å². The van der Waals surface area contributed by atoms with Crippen LogP contribution in [0.15, 0.2) is 53.0 Å². The van der Waals surface area contributed by atoms with Crippen LogP contribution in [-0.2, 0) is 6.67 Å². The summed E-state index contributed by atoms with van der Waals surface area (Å²) in [5.41, 5.74) is 2.42. The minimum absolute atomic E-state index is 0.129. The highest BCUT2D eigenvalue weighted by molar-refractivity contribution is 8.00. The average molecular weight is 370 g/mol. The lowest BCUT2D eigenvalue weighted by molar-refractivity contribution is 0.103. The number of hydrogen-bond donors (Lipinski definition) is 1. The predicted octanol–water partition coefficient (Wildman–Crippen LogP) is 3.17.